The van der Waals surface area contributed by atoms with E-state index in [-0.39, 0.29) is 24.4 Å². The Morgan fingerprint density at radius 3 is 2.91 bits per heavy atom. The molecule has 5 nitrogen and oxygen atoms in total. The molecule has 1 aliphatic rings. The first kappa shape index (κ1) is 17.5. The second kappa shape index (κ2) is 8.13. The lowest BCUT2D eigenvalue weighted by atomic mass is 9.94. The number of hydrogen-bond acceptors (Lipinski definition) is 3. The fourth-order valence-electron chi connectivity index (χ4n) is 2.77. The van der Waals surface area contributed by atoms with Crippen molar-refractivity contribution in [3.05, 3.63) is 53.9 Å². The van der Waals surface area contributed by atoms with Crippen LogP contribution in [0, 0.1) is 5.92 Å². The molecule has 2 atom stereocenters. The number of rotatable bonds is 4. The number of carbonyl (C=O) groups is 1. The predicted octanol–water partition coefficient (Wildman–Crippen LogP) is 2.08. The Kier molecular flexibility index (Phi) is 6.19. The van der Waals surface area contributed by atoms with E-state index in [0.717, 1.165) is 19.5 Å². The van der Waals surface area contributed by atoms with Gasteiger partial charge in [-0.25, -0.2) is 0 Å². The molecule has 0 saturated carbocycles. The number of piperidine rings is 1. The van der Waals surface area contributed by atoms with Crippen LogP contribution in [0.3, 0.4) is 0 Å². The van der Waals surface area contributed by atoms with Crippen molar-refractivity contribution in [1.29, 1.82) is 0 Å². The highest BCUT2D eigenvalue weighted by Crippen LogP contribution is 2.12. The van der Waals surface area contributed by atoms with Crippen LogP contribution in [0.1, 0.15) is 29.3 Å². The van der Waals surface area contributed by atoms with E-state index in [1.165, 1.54) is 5.56 Å². The van der Waals surface area contributed by atoms with Crippen LogP contribution in [0.4, 0.5) is 0 Å². The molecule has 1 fully saturated rings. The van der Waals surface area contributed by atoms with Crippen LogP contribution in [0.2, 0.25) is 0 Å². The maximum Gasteiger partial charge on any atom is 0.254 e. The predicted molar refractivity (Wildman–Crippen MR) is 92.9 cm³/mol. The van der Waals surface area contributed by atoms with Gasteiger partial charge in [0.2, 0.25) is 0 Å². The summed E-state index contributed by atoms with van der Waals surface area (Å²) in [6, 6.07) is 10.3. The normalized spacial score (nSPS) is 20.6. The van der Waals surface area contributed by atoms with Gasteiger partial charge in [0.05, 0.1) is 18.3 Å². The summed E-state index contributed by atoms with van der Waals surface area (Å²) in [5, 5.41) is 10.7. The molecule has 1 aliphatic heterocycles. The Morgan fingerprint density at radius 1 is 1.39 bits per heavy atom. The molecular formula is C17H23ClN4O. The summed E-state index contributed by atoms with van der Waals surface area (Å²) in [6.45, 7) is 4.73. The van der Waals surface area contributed by atoms with Crippen molar-refractivity contribution in [3.8, 4) is 0 Å². The molecule has 0 radical (unpaired) electrons. The van der Waals surface area contributed by atoms with Gasteiger partial charge in [0.25, 0.3) is 5.91 Å². The van der Waals surface area contributed by atoms with Crippen molar-refractivity contribution in [2.75, 3.05) is 13.1 Å². The number of benzene rings is 1. The van der Waals surface area contributed by atoms with Gasteiger partial charge in [-0.1, -0.05) is 37.3 Å². The Morgan fingerprint density at radius 2 is 2.17 bits per heavy atom. The molecule has 1 aromatic heterocycles. The molecule has 0 aliphatic carbocycles. The van der Waals surface area contributed by atoms with Gasteiger partial charge >= 0.3 is 0 Å². The maximum atomic E-state index is 12.3. The summed E-state index contributed by atoms with van der Waals surface area (Å²) >= 11 is 0. The van der Waals surface area contributed by atoms with Crippen molar-refractivity contribution >= 4 is 18.3 Å². The zero-order chi connectivity index (χ0) is 15.4. The van der Waals surface area contributed by atoms with Crippen LogP contribution in [-0.4, -0.2) is 34.8 Å². The first-order valence-electron chi connectivity index (χ1n) is 7.80. The number of nitrogens with one attached hydrogen (secondary N) is 2. The van der Waals surface area contributed by atoms with Crippen molar-refractivity contribution < 1.29 is 4.79 Å². The van der Waals surface area contributed by atoms with Crippen molar-refractivity contribution in [2.24, 2.45) is 5.92 Å². The van der Waals surface area contributed by atoms with Gasteiger partial charge in [-0.2, -0.15) is 5.10 Å². The molecule has 3 rings (SSSR count). The molecule has 1 amide bonds. The average Bonchev–Trinajstić information content (AvgIpc) is 2.99. The van der Waals surface area contributed by atoms with Gasteiger partial charge in [-0.3, -0.25) is 9.48 Å². The lowest BCUT2D eigenvalue weighted by molar-refractivity contribution is 0.0915. The van der Waals surface area contributed by atoms with E-state index in [2.05, 4.69) is 34.8 Å². The van der Waals surface area contributed by atoms with Gasteiger partial charge in [-0.15, -0.1) is 12.4 Å². The van der Waals surface area contributed by atoms with Gasteiger partial charge in [-0.05, 0) is 24.4 Å². The summed E-state index contributed by atoms with van der Waals surface area (Å²) in [4.78, 5) is 12.3. The highest BCUT2D eigenvalue weighted by atomic mass is 35.5. The van der Waals surface area contributed by atoms with Gasteiger partial charge in [0.15, 0.2) is 0 Å². The van der Waals surface area contributed by atoms with Gasteiger partial charge in [0, 0.05) is 18.8 Å². The van der Waals surface area contributed by atoms with E-state index < -0.39 is 0 Å². The zero-order valence-corrected chi connectivity index (χ0v) is 14.1. The Labute approximate surface area is 142 Å². The highest BCUT2D eigenvalue weighted by molar-refractivity contribution is 5.93. The molecule has 1 aromatic carbocycles. The van der Waals surface area contributed by atoms with Crippen LogP contribution < -0.4 is 10.6 Å². The molecule has 2 N–H and O–H groups in total. The summed E-state index contributed by atoms with van der Waals surface area (Å²) < 4.78 is 1.80. The lowest BCUT2D eigenvalue weighted by Gasteiger charge is -2.30. The largest absolute Gasteiger partial charge is 0.348 e. The number of nitrogens with zero attached hydrogens (tertiary/aromatic N) is 2. The van der Waals surface area contributed by atoms with Crippen LogP contribution in [0.5, 0.6) is 0 Å². The third-order valence-electron chi connectivity index (χ3n) is 4.23. The number of aromatic nitrogens is 2. The monoisotopic (exact) mass is 334 g/mol. The van der Waals surface area contributed by atoms with E-state index >= 15 is 0 Å². The molecule has 0 spiro atoms. The molecule has 124 valence electrons. The third kappa shape index (κ3) is 4.56. The van der Waals surface area contributed by atoms with Crippen LogP contribution in [0.25, 0.3) is 0 Å². The maximum absolute atomic E-state index is 12.3. The molecule has 0 bridgehead atoms. The second-order valence-electron chi connectivity index (χ2n) is 5.96. The molecule has 6 heteroatoms. The molecular weight excluding hydrogens is 312 g/mol. The van der Waals surface area contributed by atoms with Crippen molar-refractivity contribution in [2.45, 2.75) is 25.9 Å². The van der Waals surface area contributed by atoms with Gasteiger partial charge in [0.1, 0.15) is 0 Å². The minimum absolute atomic E-state index is 0. The molecule has 1 saturated heterocycles. The van der Waals surface area contributed by atoms with E-state index in [4.69, 9.17) is 0 Å². The lowest BCUT2D eigenvalue weighted by Crippen LogP contribution is -2.50. The summed E-state index contributed by atoms with van der Waals surface area (Å²) in [6.07, 6.45) is 4.54. The minimum atomic E-state index is -0.0418. The van der Waals surface area contributed by atoms with E-state index in [1.54, 1.807) is 10.9 Å². The Bertz CT molecular complexity index is 629. The van der Waals surface area contributed by atoms with Crippen molar-refractivity contribution in [1.82, 2.24) is 20.4 Å². The fraction of sp³-hybridized carbons (Fsp3) is 0.412. The zero-order valence-electron chi connectivity index (χ0n) is 13.2. The summed E-state index contributed by atoms with van der Waals surface area (Å²) in [5.41, 5.74) is 1.79. The molecule has 2 unspecified atom stereocenters. The number of amides is 1. The standard InChI is InChI=1S/C17H22N4O.ClH/c1-13-7-8-18-10-16(13)20-17(22)15-9-19-21(12-15)11-14-5-3-2-4-6-14;/h2-6,9,12-13,16,18H,7-8,10-11H2,1H3,(H,20,22);1H. The third-order valence-corrected chi connectivity index (χ3v) is 4.23. The van der Waals surface area contributed by atoms with Crippen molar-refractivity contribution in [3.63, 3.8) is 0 Å². The summed E-state index contributed by atoms with van der Waals surface area (Å²) in [7, 11) is 0. The number of halogens is 1. The minimum Gasteiger partial charge on any atom is -0.348 e. The first-order chi connectivity index (χ1) is 10.7. The number of carbonyl (C=O) groups excluding carboxylic acids is 1. The quantitative estimate of drug-likeness (QED) is 0.900. The smallest absolute Gasteiger partial charge is 0.254 e. The molecule has 2 heterocycles. The van der Waals surface area contributed by atoms with E-state index in [0.29, 0.717) is 18.0 Å². The SMILES string of the molecule is CC1CCNCC1NC(=O)c1cnn(Cc2ccccc2)c1.Cl. The Balaban J connectivity index is 0.00000192. The van der Waals surface area contributed by atoms with E-state index in [9.17, 15) is 4.79 Å². The van der Waals surface area contributed by atoms with Crippen LogP contribution in [-0.2, 0) is 6.54 Å². The van der Waals surface area contributed by atoms with Gasteiger partial charge < -0.3 is 10.6 Å². The van der Waals surface area contributed by atoms with Crippen LogP contribution in [0.15, 0.2) is 42.7 Å². The average molecular weight is 335 g/mol. The molecule has 23 heavy (non-hydrogen) atoms. The fourth-order valence-corrected chi connectivity index (χ4v) is 2.77. The topological polar surface area (TPSA) is 58.9 Å². The number of hydrogen-bond donors (Lipinski definition) is 2. The molecule has 2 aromatic rings. The highest BCUT2D eigenvalue weighted by Gasteiger charge is 2.23. The summed E-state index contributed by atoms with van der Waals surface area (Å²) in [5.74, 6) is 0.462. The second-order valence-corrected chi connectivity index (χ2v) is 5.96. The van der Waals surface area contributed by atoms with E-state index in [1.807, 2.05) is 24.4 Å². The first-order valence-corrected chi connectivity index (χ1v) is 7.80. The van der Waals surface area contributed by atoms with Crippen LogP contribution >= 0.6 is 12.4 Å². The Hall–Kier alpha value is -1.85.